The lowest BCUT2D eigenvalue weighted by molar-refractivity contribution is -0.226. The third-order valence-corrected chi connectivity index (χ3v) is 5.52. The number of alkyl halides is 3. The van der Waals surface area contributed by atoms with Crippen LogP contribution in [0.3, 0.4) is 0 Å². The van der Waals surface area contributed by atoms with Gasteiger partial charge in [-0.2, -0.15) is 13.2 Å². The molecule has 0 saturated heterocycles. The Kier molecular flexibility index (Phi) is 5.19. The minimum absolute atomic E-state index is 0.161. The van der Waals surface area contributed by atoms with Gasteiger partial charge in [-0.05, 0) is 47.4 Å². The smallest absolute Gasteiger partial charge is 0.364 e. The standard InChI is InChI=1S/C19H24F4O/c1-12-2-4-13(5-3-12)6-7-14-8-15-11-24-18(19(21,22)23)10-16(15)17(20)9-14/h8-9,12-13,18H,2-7,10-11H2,1H3. The molecule has 1 fully saturated rings. The summed E-state index contributed by atoms with van der Waals surface area (Å²) < 4.78 is 57.4. The molecule has 1 heterocycles. The van der Waals surface area contributed by atoms with Crippen molar-refractivity contribution >= 4 is 0 Å². The van der Waals surface area contributed by atoms with Gasteiger partial charge in [0.2, 0.25) is 0 Å². The van der Waals surface area contributed by atoms with Crippen LogP contribution in [0.1, 0.15) is 55.7 Å². The van der Waals surface area contributed by atoms with E-state index in [9.17, 15) is 17.6 Å². The van der Waals surface area contributed by atoms with Crippen LogP contribution in [0.25, 0.3) is 0 Å². The summed E-state index contributed by atoms with van der Waals surface area (Å²) in [6.45, 7) is 2.12. The summed E-state index contributed by atoms with van der Waals surface area (Å²) in [5.41, 5.74) is 1.61. The summed E-state index contributed by atoms with van der Waals surface area (Å²) >= 11 is 0. The zero-order chi connectivity index (χ0) is 17.3. The Hall–Kier alpha value is -1.10. The molecule has 2 aliphatic rings. The Balaban J connectivity index is 1.64. The highest BCUT2D eigenvalue weighted by Gasteiger charge is 2.43. The molecule has 0 N–H and O–H groups in total. The first-order valence-electron chi connectivity index (χ1n) is 8.81. The quantitative estimate of drug-likeness (QED) is 0.650. The van der Waals surface area contributed by atoms with E-state index in [4.69, 9.17) is 4.74 Å². The van der Waals surface area contributed by atoms with E-state index in [-0.39, 0.29) is 12.2 Å². The van der Waals surface area contributed by atoms with Gasteiger partial charge in [0.1, 0.15) is 5.82 Å². The number of hydrogen-bond donors (Lipinski definition) is 0. The molecule has 0 radical (unpaired) electrons. The second-order valence-corrected chi connectivity index (χ2v) is 7.43. The highest BCUT2D eigenvalue weighted by molar-refractivity contribution is 5.35. The van der Waals surface area contributed by atoms with Crippen LogP contribution >= 0.6 is 0 Å². The van der Waals surface area contributed by atoms with Crippen molar-refractivity contribution in [2.45, 2.75) is 70.8 Å². The molecule has 1 aromatic carbocycles. The largest absolute Gasteiger partial charge is 0.414 e. The van der Waals surface area contributed by atoms with Crippen molar-refractivity contribution in [3.63, 3.8) is 0 Å². The maximum Gasteiger partial charge on any atom is 0.414 e. The van der Waals surface area contributed by atoms with Crippen molar-refractivity contribution in [2.24, 2.45) is 11.8 Å². The second kappa shape index (κ2) is 7.03. The Bertz CT molecular complexity index is 573. The maximum atomic E-state index is 14.3. The molecule has 1 nitrogen and oxygen atoms in total. The number of aryl methyl sites for hydroxylation is 1. The third-order valence-electron chi connectivity index (χ3n) is 5.52. The molecule has 1 atom stereocenters. The zero-order valence-corrected chi connectivity index (χ0v) is 14.0. The minimum Gasteiger partial charge on any atom is -0.364 e. The van der Waals surface area contributed by atoms with Gasteiger partial charge in [0.05, 0.1) is 6.61 Å². The number of hydrogen-bond acceptors (Lipinski definition) is 1. The molecule has 1 aliphatic heterocycles. The zero-order valence-electron chi connectivity index (χ0n) is 14.0. The molecule has 0 amide bonds. The first-order chi connectivity index (χ1) is 11.3. The number of ether oxygens (including phenoxy) is 1. The van der Waals surface area contributed by atoms with Crippen LogP contribution < -0.4 is 0 Å². The van der Waals surface area contributed by atoms with E-state index in [0.29, 0.717) is 11.5 Å². The average molecular weight is 344 g/mol. The van der Waals surface area contributed by atoms with Crippen molar-refractivity contribution < 1.29 is 22.3 Å². The van der Waals surface area contributed by atoms with E-state index in [2.05, 4.69) is 6.92 Å². The molecule has 3 rings (SSSR count). The fourth-order valence-corrected chi connectivity index (χ4v) is 3.89. The fraction of sp³-hybridized carbons (Fsp3) is 0.684. The molecule has 1 aromatic rings. The summed E-state index contributed by atoms with van der Waals surface area (Å²) in [5.74, 6) is 0.977. The van der Waals surface area contributed by atoms with Gasteiger partial charge in [-0.1, -0.05) is 38.7 Å². The molecule has 5 heteroatoms. The molecule has 24 heavy (non-hydrogen) atoms. The number of benzene rings is 1. The topological polar surface area (TPSA) is 9.23 Å². The van der Waals surface area contributed by atoms with Crippen LogP contribution in [0.15, 0.2) is 12.1 Å². The summed E-state index contributed by atoms with van der Waals surface area (Å²) in [6, 6.07) is 3.25. The van der Waals surface area contributed by atoms with Gasteiger partial charge in [0, 0.05) is 6.42 Å². The average Bonchev–Trinajstić information content (AvgIpc) is 2.53. The first kappa shape index (κ1) is 17.7. The second-order valence-electron chi connectivity index (χ2n) is 7.43. The van der Waals surface area contributed by atoms with E-state index < -0.39 is 24.5 Å². The Morgan fingerprint density at radius 2 is 1.83 bits per heavy atom. The Morgan fingerprint density at radius 3 is 2.50 bits per heavy atom. The van der Waals surface area contributed by atoms with Crippen molar-refractivity contribution in [3.8, 4) is 0 Å². The van der Waals surface area contributed by atoms with Crippen molar-refractivity contribution in [3.05, 3.63) is 34.6 Å². The maximum absolute atomic E-state index is 14.3. The number of rotatable bonds is 3. The van der Waals surface area contributed by atoms with Crippen LogP contribution in [-0.4, -0.2) is 12.3 Å². The van der Waals surface area contributed by atoms with Gasteiger partial charge >= 0.3 is 6.18 Å². The summed E-state index contributed by atoms with van der Waals surface area (Å²) in [5, 5.41) is 0. The van der Waals surface area contributed by atoms with Crippen LogP contribution in [0.5, 0.6) is 0 Å². The lowest BCUT2D eigenvalue weighted by Gasteiger charge is -2.28. The molecule has 0 aromatic heterocycles. The van der Waals surface area contributed by atoms with Crippen LogP contribution in [0.4, 0.5) is 17.6 Å². The van der Waals surface area contributed by atoms with E-state index in [1.165, 1.54) is 31.7 Å². The predicted molar refractivity (Wildman–Crippen MR) is 84.2 cm³/mol. The summed E-state index contributed by atoms with van der Waals surface area (Å²) in [6.07, 6.45) is 0.0198. The molecular weight excluding hydrogens is 320 g/mol. The van der Waals surface area contributed by atoms with E-state index in [1.54, 1.807) is 0 Å². The van der Waals surface area contributed by atoms with Crippen molar-refractivity contribution in [1.82, 2.24) is 0 Å². The Labute approximate surface area is 140 Å². The fourth-order valence-electron chi connectivity index (χ4n) is 3.89. The van der Waals surface area contributed by atoms with Crippen molar-refractivity contribution in [1.29, 1.82) is 0 Å². The highest BCUT2D eigenvalue weighted by atomic mass is 19.4. The van der Waals surface area contributed by atoms with Gasteiger partial charge in [-0.15, -0.1) is 0 Å². The predicted octanol–water partition coefficient (Wildman–Crippen LogP) is 5.59. The summed E-state index contributed by atoms with van der Waals surface area (Å²) in [7, 11) is 0. The van der Waals surface area contributed by atoms with Gasteiger partial charge in [0.25, 0.3) is 0 Å². The van der Waals surface area contributed by atoms with E-state index in [0.717, 1.165) is 24.3 Å². The van der Waals surface area contributed by atoms with E-state index >= 15 is 0 Å². The van der Waals surface area contributed by atoms with Gasteiger partial charge in [-0.25, -0.2) is 4.39 Å². The van der Waals surface area contributed by atoms with Gasteiger partial charge < -0.3 is 4.74 Å². The highest BCUT2D eigenvalue weighted by Crippen LogP contribution is 2.34. The molecule has 1 aliphatic carbocycles. The molecular formula is C19H24F4O. The van der Waals surface area contributed by atoms with Crippen LogP contribution in [-0.2, 0) is 24.2 Å². The van der Waals surface area contributed by atoms with Crippen LogP contribution in [0.2, 0.25) is 0 Å². The third kappa shape index (κ3) is 4.11. The summed E-state index contributed by atoms with van der Waals surface area (Å²) in [4.78, 5) is 0. The normalized spacial score (nSPS) is 27.8. The van der Waals surface area contributed by atoms with E-state index in [1.807, 2.05) is 6.07 Å². The molecule has 1 saturated carbocycles. The SMILES string of the molecule is CC1CCC(CCc2cc(F)c3c(c2)COC(C(F)(F)F)C3)CC1. The molecule has 0 spiro atoms. The van der Waals surface area contributed by atoms with Crippen molar-refractivity contribution in [2.75, 3.05) is 0 Å². The molecule has 134 valence electrons. The first-order valence-corrected chi connectivity index (χ1v) is 8.81. The number of fused-ring (bicyclic) bond motifs is 1. The molecule has 1 unspecified atom stereocenters. The lowest BCUT2D eigenvalue weighted by Crippen LogP contribution is -2.37. The molecule has 0 bridgehead atoms. The minimum atomic E-state index is -4.44. The number of halogens is 4. The van der Waals surface area contributed by atoms with Crippen LogP contribution in [0, 0.1) is 17.7 Å². The monoisotopic (exact) mass is 344 g/mol. The van der Waals surface area contributed by atoms with Gasteiger partial charge in [-0.3, -0.25) is 0 Å². The van der Waals surface area contributed by atoms with Gasteiger partial charge in [0.15, 0.2) is 6.10 Å². The Morgan fingerprint density at radius 1 is 1.12 bits per heavy atom. The lowest BCUT2D eigenvalue weighted by atomic mass is 9.80.